The van der Waals surface area contributed by atoms with Crippen LogP contribution in [0.5, 0.6) is 0 Å². The van der Waals surface area contributed by atoms with Crippen molar-refractivity contribution in [2.75, 3.05) is 23.9 Å². The minimum Gasteiger partial charge on any atom is -0.347 e. The average molecular weight is 260 g/mol. The van der Waals surface area contributed by atoms with Crippen molar-refractivity contribution >= 4 is 28.3 Å². The van der Waals surface area contributed by atoms with Crippen molar-refractivity contribution in [1.29, 1.82) is 0 Å². The van der Waals surface area contributed by atoms with E-state index in [0.717, 1.165) is 29.9 Å². The Morgan fingerprint density at radius 1 is 1.44 bits per heavy atom. The molecule has 2 heterocycles. The Hall–Kier alpha value is -0.350. The number of aromatic nitrogens is 2. The van der Waals surface area contributed by atoms with Gasteiger partial charge in [0.15, 0.2) is 0 Å². The normalized spacial score (nSPS) is 18.4. The number of piperidine rings is 1. The van der Waals surface area contributed by atoms with Crippen LogP contribution in [0.3, 0.4) is 0 Å². The second-order valence-electron chi connectivity index (χ2n) is 4.67. The third-order valence-corrected chi connectivity index (χ3v) is 4.28. The van der Waals surface area contributed by atoms with E-state index in [2.05, 4.69) is 28.1 Å². The Balaban J connectivity index is 1.97. The molecule has 1 saturated heterocycles. The second-order valence-corrected chi connectivity index (χ2v) is 5.71. The SMILES string of the molecule is CC(C)c1nsc(N2CCC(CCl)CC2)n1. The summed E-state index contributed by atoms with van der Waals surface area (Å²) in [6.45, 7) is 6.41. The standard InChI is InChI=1S/C11H18ClN3S/c1-8(2)10-13-11(16-14-10)15-5-3-9(7-12)4-6-15/h8-9H,3-7H2,1-2H3. The third-order valence-electron chi connectivity index (χ3n) is 3.05. The van der Waals surface area contributed by atoms with Crippen LogP contribution in [0.2, 0.25) is 0 Å². The molecule has 1 aliphatic rings. The van der Waals surface area contributed by atoms with Crippen molar-refractivity contribution in [1.82, 2.24) is 9.36 Å². The maximum absolute atomic E-state index is 5.88. The van der Waals surface area contributed by atoms with Crippen LogP contribution in [0.4, 0.5) is 5.13 Å². The molecule has 0 spiro atoms. The lowest BCUT2D eigenvalue weighted by atomic mass is 9.99. The molecule has 0 radical (unpaired) electrons. The van der Waals surface area contributed by atoms with Crippen molar-refractivity contribution in [3.63, 3.8) is 0 Å². The van der Waals surface area contributed by atoms with Gasteiger partial charge in [0.05, 0.1) is 0 Å². The molecule has 0 atom stereocenters. The van der Waals surface area contributed by atoms with Gasteiger partial charge in [-0.3, -0.25) is 0 Å². The van der Waals surface area contributed by atoms with Crippen LogP contribution < -0.4 is 4.90 Å². The summed E-state index contributed by atoms with van der Waals surface area (Å²) < 4.78 is 4.39. The van der Waals surface area contributed by atoms with Crippen molar-refractivity contribution in [3.8, 4) is 0 Å². The van der Waals surface area contributed by atoms with E-state index >= 15 is 0 Å². The Kier molecular flexibility index (Phi) is 4.03. The van der Waals surface area contributed by atoms with E-state index in [1.807, 2.05) is 0 Å². The molecule has 0 amide bonds. The highest BCUT2D eigenvalue weighted by Gasteiger charge is 2.21. The summed E-state index contributed by atoms with van der Waals surface area (Å²) >= 11 is 7.40. The lowest BCUT2D eigenvalue weighted by Crippen LogP contribution is -2.34. The first-order chi connectivity index (χ1) is 7.70. The van der Waals surface area contributed by atoms with E-state index in [1.54, 1.807) is 0 Å². The molecule has 1 aromatic heterocycles. The highest BCUT2D eigenvalue weighted by Crippen LogP contribution is 2.26. The smallest absolute Gasteiger partial charge is 0.205 e. The molecular formula is C11H18ClN3S. The number of hydrogen-bond donors (Lipinski definition) is 0. The quantitative estimate of drug-likeness (QED) is 0.781. The van der Waals surface area contributed by atoms with E-state index < -0.39 is 0 Å². The van der Waals surface area contributed by atoms with Crippen LogP contribution in [-0.2, 0) is 0 Å². The van der Waals surface area contributed by atoms with Gasteiger partial charge in [0, 0.05) is 36.4 Å². The fourth-order valence-corrected chi connectivity index (χ4v) is 3.04. The zero-order valence-corrected chi connectivity index (χ0v) is 11.4. The van der Waals surface area contributed by atoms with Gasteiger partial charge in [-0.05, 0) is 18.8 Å². The Morgan fingerprint density at radius 2 is 2.12 bits per heavy atom. The van der Waals surface area contributed by atoms with Gasteiger partial charge in [-0.15, -0.1) is 11.6 Å². The van der Waals surface area contributed by atoms with Crippen LogP contribution >= 0.6 is 23.1 Å². The summed E-state index contributed by atoms with van der Waals surface area (Å²) in [5.41, 5.74) is 0. The van der Waals surface area contributed by atoms with Gasteiger partial charge in [-0.1, -0.05) is 13.8 Å². The molecule has 0 saturated carbocycles. The summed E-state index contributed by atoms with van der Waals surface area (Å²) in [4.78, 5) is 6.92. The largest absolute Gasteiger partial charge is 0.347 e. The number of alkyl halides is 1. The summed E-state index contributed by atoms with van der Waals surface area (Å²) in [6, 6.07) is 0. The van der Waals surface area contributed by atoms with Gasteiger partial charge in [0.2, 0.25) is 5.13 Å². The number of halogens is 1. The lowest BCUT2D eigenvalue weighted by molar-refractivity contribution is 0.442. The summed E-state index contributed by atoms with van der Waals surface area (Å²) in [7, 11) is 0. The van der Waals surface area contributed by atoms with Crippen LogP contribution in [0.25, 0.3) is 0 Å². The molecule has 16 heavy (non-hydrogen) atoms. The van der Waals surface area contributed by atoms with E-state index in [4.69, 9.17) is 11.6 Å². The summed E-state index contributed by atoms with van der Waals surface area (Å²) in [5, 5.41) is 1.08. The number of hydrogen-bond acceptors (Lipinski definition) is 4. The van der Waals surface area contributed by atoms with Crippen LogP contribution in [-0.4, -0.2) is 28.3 Å². The fourth-order valence-electron chi connectivity index (χ4n) is 1.87. The zero-order valence-electron chi connectivity index (χ0n) is 9.82. The fraction of sp³-hybridized carbons (Fsp3) is 0.818. The predicted molar refractivity (Wildman–Crippen MR) is 69.7 cm³/mol. The van der Waals surface area contributed by atoms with Crippen molar-refractivity contribution < 1.29 is 0 Å². The third kappa shape index (κ3) is 2.66. The molecular weight excluding hydrogens is 242 g/mol. The van der Waals surface area contributed by atoms with Gasteiger partial charge < -0.3 is 4.90 Å². The monoisotopic (exact) mass is 259 g/mol. The first-order valence-corrected chi connectivity index (χ1v) is 7.16. The topological polar surface area (TPSA) is 29.0 Å². The molecule has 5 heteroatoms. The van der Waals surface area contributed by atoms with Crippen molar-refractivity contribution in [2.45, 2.75) is 32.6 Å². The van der Waals surface area contributed by atoms with E-state index in [9.17, 15) is 0 Å². The molecule has 0 unspecified atom stereocenters. The molecule has 0 N–H and O–H groups in total. The zero-order chi connectivity index (χ0) is 11.5. The Bertz CT molecular complexity index is 332. The molecule has 2 rings (SSSR count). The minimum absolute atomic E-state index is 0.422. The molecule has 90 valence electrons. The number of rotatable bonds is 3. The molecule has 1 aromatic rings. The number of nitrogens with zero attached hydrogens (tertiary/aromatic N) is 3. The Morgan fingerprint density at radius 3 is 2.62 bits per heavy atom. The highest BCUT2D eigenvalue weighted by molar-refractivity contribution is 7.09. The van der Waals surface area contributed by atoms with Crippen molar-refractivity contribution in [3.05, 3.63) is 5.82 Å². The summed E-state index contributed by atoms with van der Waals surface area (Å²) in [5.74, 6) is 2.88. The van der Waals surface area contributed by atoms with E-state index in [0.29, 0.717) is 11.8 Å². The second kappa shape index (κ2) is 5.32. The van der Waals surface area contributed by atoms with Gasteiger partial charge in [-0.25, -0.2) is 4.98 Å². The molecule has 1 aliphatic heterocycles. The maximum atomic E-state index is 5.88. The van der Waals surface area contributed by atoms with Gasteiger partial charge >= 0.3 is 0 Å². The molecule has 0 aromatic carbocycles. The summed E-state index contributed by atoms with van der Waals surface area (Å²) in [6.07, 6.45) is 2.36. The maximum Gasteiger partial charge on any atom is 0.205 e. The number of anilines is 1. The average Bonchev–Trinajstić information content (AvgIpc) is 2.78. The van der Waals surface area contributed by atoms with Crippen molar-refractivity contribution in [2.24, 2.45) is 5.92 Å². The lowest BCUT2D eigenvalue weighted by Gasteiger charge is -2.30. The van der Waals surface area contributed by atoms with Crippen LogP contribution in [0.15, 0.2) is 0 Å². The van der Waals surface area contributed by atoms with Crippen LogP contribution in [0, 0.1) is 5.92 Å². The molecule has 3 nitrogen and oxygen atoms in total. The predicted octanol–water partition coefficient (Wildman–Crippen LogP) is 3.12. The van der Waals surface area contributed by atoms with E-state index in [-0.39, 0.29) is 0 Å². The van der Waals surface area contributed by atoms with Gasteiger partial charge in [0.1, 0.15) is 5.82 Å². The van der Waals surface area contributed by atoms with Crippen LogP contribution in [0.1, 0.15) is 38.4 Å². The first kappa shape index (κ1) is 12.1. The highest BCUT2D eigenvalue weighted by atomic mass is 35.5. The minimum atomic E-state index is 0.422. The molecule has 0 aliphatic carbocycles. The van der Waals surface area contributed by atoms with E-state index in [1.165, 1.54) is 24.4 Å². The van der Waals surface area contributed by atoms with Gasteiger partial charge in [-0.2, -0.15) is 4.37 Å². The Labute approximate surface area is 106 Å². The van der Waals surface area contributed by atoms with Gasteiger partial charge in [0.25, 0.3) is 0 Å². The molecule has 0 bridgehead atoms. The molecule has 1 fully saturated rings. The first-order valence-electron chi connectivity index (χ1n) is 5.85.